The smallest absolute Gasteiger partial charge is 0.178 e. The van der Waals surface area contributed by atoms with Crippen LogP contribution < -0.4 is 10.5 Å². The third-order valence-electron chi connectivity index (χ3n) is 8.06. The van der Waals surface area contributed by atoms with E-state index < -0.39 is 11.8 Å². The second-order valence-corrected chi connectivity index (χ2v) is 10.5. The predicted molar refractivity (Wildman–Crippen MR) is 159 cm³/mol. The molecule has 0 saturated carbocycles. The summed E-state index contributed by atoms with van der Waals surface area (Å²) in [6, 6.07) is 35.6. The zero-order valence-corrected chi connectivity index (χ0v) is 22.0. The summed E-state index contributed by atoms with van der Waals surface area (Å²) in [5, 5.41) is 0. The van der Waals surface area contributed by atoms with E-state index in [1.54, 1.807) is 36.4 Å². The van der Waals surface area contributed by atoms with Gasteiger partial charge in [0.1, 0.15) is 18.3 Å². The molecule has 1 heterocycles. The number of nitrogens with two attached hydrogens (primary N) is 1. The Kier molecular flexibility index (Phi) is 5.86. The van der Waals surface area contributed by atoms with Crippen LogP contribution in [0.4, 0.5) is 5.69 Å². The summed E-state index contributed by atoms with van der Waals surface area (Å²) >= 11 is 0. The van der Waals surface area contributed by atoms with Crippen molar-refractivity contribution >= 4 is 23.0 Å². The first-order valence-corrected chi connectivity index (χ1v) is 13.5. The fraction of sp³-hybridized carbons (Fsp3) is 0.0833. The van der Waals surface area contributed by atoms with Crippen LogP contribution in [0.5, 0.6) is 5.75 Å². The first-order chi connectivity index (χ1) is 20.0. The van der Waals surface area contributed by atoms with Crippen LogP contribution in [0.1, 0.15) is 54.0 Å². The minimum Gasteiger partial charge on any atom is -0.492 e. The number of carbonyl (C=O) groups is 3. The number of ether oxygens (including phenoxy) is 1. The molecule has 2 N–H and O–H groups in total. The van der Waals surface area contributed by atoms with Crippen molar-refractivity contribution in [3.05, 3.63) is 143 Å². The molecule has 41 heavy (non-hydrogen) atoms. The van der Waals surface area contributed by atoms with Crippen molar-refractivity contribution in [2.75, 3.05) is 12.3 Å². The molecular weight excluding hydrogens is 510 g/mol. The lowest BCUT2D eigenvalue weighted by Gasteiger charge is -2.27. The van der Waals surface area contributed by atoms with Crippen LogP contribution in [0.25, 0.3) is 22.3 Å². The molecule has 1 aliphatic heterocycles. The molecule has 5 aromatic carbocycles. The first kappa shape index (κ1) is 24.7. The Hall–Kier alpha value is -5.29. The van der Waals surface area contributed by atoms with Gasteiger partial charge in [-0.15, -0.1) is 0 Å². The summed E-state index contributed by atoms with van der Waals surface area (Å²) in [5.41, 5.74) is 12.7. The SMILES string of the molecule is Nc1ccc(C2C(=O)c3ccc(-c4ccccc4)cc3C2=O)c(C2COc3cc(-c4ccccc4)ccc3C2=O)c1. The zero-order valence-electron chi connectivity index (χ0n) is 22.0. The highest BCUT2D eigenvalue weighted by atomic mass is 16.5. The van der Waals surface area contributed by atoms with E-state index in [0.29, 0.717) is 39.3 Å². The number of ketones is 3. The molecular formula is C36H25NO4. The number of Topliss-reactive ketones (excluding diaryl/α,β-unsaturated/α-hetero) is 3. The number of fused-ring (bicyclic) bond motifs is 2. The van der Waals surface area contributed by atoms with Gasteiger partial charge in [-0.1, -0.05) is 84.9 Å². The molecule has 2 atom stereocenters. The fourth-order valence-electron chi connectivity index (χ4n) is 5.97. The maximum atomic E-state index is 13.8. The van der Waals surface area contributed by atoms with Gasteiger partial charge in [-0.25, -0.2) is 0 Å². The molecule has 5 heteroatoms. The number of anilines is 1. The molecule has 2 aliphatic rings. The minimum absolute atomic E-state index is 0.0841. The monoisotopic (exact) mass is 535 g/mol. The summed E-state index contributed by atoms with van der Waals surface area (Å²) in [6.45, 7) is 0.0841. The summed E-state index contributed by atoms with van der Waals surface area (Å²) in [5.74, 6) is -1.89. The van der Waals surface area contributed by atoms with Crippen molar-refractivity contribution in [1.82, 2.24) is 0 Å². The van der Waals surface area contributed by atoms with E-state index in [4.69, 9.17) is 10.5 Å². The number of nitrogen functional groups attached to an aromatic ring is 1. The molecule has 198 valence electrons. The summed E-state index contributed by atoms with van der Waals surface area (Å²) in [7, 11) is 0. The third kappa shape index (κ3) is 4.14. The highest BCUT2D eigenvalue weighted by Crippen LogP contribution is 2.42. The molecule has 0 radical (unpaired) electrons. The molecule has 7 rings (SSSR count). The Morgan fingerprint density at radius 2 is 1.15 bits per heavy atom. The van der Waals surface area contributed by atoms with Gasteiger partial charge in [0, 0.05) is 16.8 Å². The second kappa shape index (κ2) is 9.72. The molecule has 1 aliphatic carbocycles. The van der Waals surface area contributed by atoms with Crippen molar-refractivity contribution < 1.29 is 19.1 Å². The average molecular weight is 536 g/mol. The van der Waals surface area contributed by atoms with Gasteiger partial charge in [0.15, 0.2) is 17.3 Å². The Morgan fingerprint density at radius 1 is 0.537 bits per heavy atom. The quantitative estimate of drug-likeness (QED) is 0.196. The molecule has 0 amide bonds. The van der Waals surface area contributed by atoms with E-state index in [-0.39, 0.29) is 24.0 Å². The van der Waals surface area contributed by atoms with E-state index in [2.05, 4.69) is 0 Å². The Labute approximate surface area is 237 Å². The molecule has 0 bridgehead atoms. The van der Waals surface area contributed by atoms with Gasteiger partial charge in [-0.05, 0) is 63.7 Å². The second-order valence-electron chi connectivity index (χ2n) is 10.5. The third-order valence-corrected chi connectivity index (χ3v) is 8.06. The normalized spacial score (nSPS) is 17.6. The van der Waals surface area contributed by atoms with Crippen molar-refractivity contribution in [1.29, 1.82) is 0 Å². The first-order valence-electron chi connectivity index (χ1n) is 13.5. The van der Waals surface area contributed by atoms with Gasteiger partial charge >= 0.3 is 0 Å². The van der Waals surface area contributed by atoms with Gasteiger partial charge in [-0.3, -0.25) is 14.4 Å². The zero-order chi connectivity index (χ0) is 28.1. The molecule has 0 saturated heterocycles. The lowest BCUT2D eigenvalue weighted by Crippen LogP contribution is -2.28. The van der Waals surface area contributed by atoms with E-state index >= 15 is 0 Å². The van der Waals surface area contributed by atoms with Crippen LogP contribution in [-0.4, -0.2) is 24.0 Å². The van der Waals surface area contributed by atoms with E-state index in [1.807, 2.05) is 78.9 Å². The Morgan fingerprint density at radius 3 is 1.83 bits per heavy atom. The largest absolute Gasteiger partial charge is 0.492 e. The van der Waals surface area contributed by atoms with Crippen LogP contribution in [-0.2, 0) is 0 Å². The molecule has 0 spiro atoms. The number of carbonyl (C=O) groups excluding carboxylic acids is 3. The van der Waals surface area contributed by atoms with Crippen LogP contribution >= 0.6 is 0 Å². The summed E-state index contributed by atoms with van der Waals surface area (Å²) in [6.07, 6.45) is 0. The lowest BCUT2D eigenvalue weighted by molar-refractivity contribution is 0.0867. The maximum Gasteiger partial charge on any atom is 0.178 e. The van der Waals surface area contributed by atoms with Gasteiger partial charge in [0.2, 0.25) is 0 Å². The van der Waals surface area contributed by atoms with Crippen molar-refractivity contribution in [3.63, 3.8) is 0 Å². The van der Waals surface area contributed by atoms with E-state index in [0.717, 1.165) is 22.3 Å². The fourth-order valence-corrected chi connectivity index (χ4v) is 5.97. The molecule has 5 aromatic rings. The lowest BCUT2D eigenvalue weighted by atomic mass is 9.81. The van der Waals surface area contributed by atoms with Gasteiger partial charge in [0.05, 0.1) is 11.5 Å². The van der Waals surface area contributed by atoms with Crippen molar-refractivity contribution in [2.45, 2.75) is 11.8 Å². The number of benzene rings is 5. The predicted octanol–water partition coefficient (Wildman–Crippen LogP) is 7.12. The minimum atomic E-state index is -1.04. The standard InChI is InChI=1S/C36H25NO4/c37-25-13-16-26(33-35(39)27-14-11-23(17-30(27)36(33)40)21-7-3-1-4-8-21)29(19-25)31-20-41-32-18-24(12-15-28(32)34(31)38)22-9-5-2-6-10-22/h1-19,31,33H,20,37H2. The van der Waals surface area contributed by atoms with E-state index in [9.17, 15) is 14.4 Å². The van der Waals surface area contributed by atoms with Gasteiger partial charge < -0.3 is 10.5 Å². The molecule has 0 aromatic heterocycles. The highest BCUT2D eigenvalue weighted by molar-refractivity contribution is 6.30. The molecule has 5 nitrogen and oxygen atoms in total. The number of hydrogen-bond donors (Lipinski definition) is 1. The number of hydrogen-bond acceptors (Lipinski definition) is 5. The van der Waals surface area contributed by atoms with Gasteiger partial charge in [0.25, 0.3) is 0 Å². The van der Waals surface area contributed by atoms with Crippen molar-refractivity contribution in [2.24, 2.45) is 0 Å². The average Bonchev–Trinajstić information content (AvgIpc) is 3.26. The van der Waals surface area contributed by atoms with Crippen LogP contribution in [0.15, 0.2) is 115 Å². The van der Waals surface area contributed by atoms with Gasteiger partial charge in [-0.2, -0.15) is 0 Å². The van der Waals surface area contributed by atoms with E-state index in [1.165, 1.54) is 0 Å². The topological polar surface area (TPSA) is 86.5 Å². The maximum absolute atomic E-state index is 13.8. The van der Waals surface area contributed by atoms with Crippen LogP contribution in [0, 0.1) is 0 Å². The molecule has 0 fully saturated rings. The Bertz CT molecular complexity index is 1860. The van der Waals surface area contributed by atoms with Crippen molar-refractivity contribution in [3.8, 4) is 28.0 Å². The van der Waals surface area contributed by atoms with Crippen LogP contribution in [0.2, 0.25) is 0 Å². The summed E-state index contributed by atoms with van der Waals surface area (Å²) < 4.78 is 6.13. The summed E-state index contributed by atoms with van der Waals surface area (Å²) in [4.78, 5) is 41.3. The number of rotatable bonds is 4. The van der Waals surface area contributed by atoms with Crippen LogP contribution in [0.3, 0.4) is 0 Å². The molecule has 2 unspecified atom stereocenters. The Balaban J connectivity index is 1.25. The highest BCUT2D eigenvalue weighted by Gasteiger charge is 2.43.